The lowest BCUT2D eigenvalue weighted by atomic mass is 9.93. The van der Waals surface area contributed by atoms with Gasteiger partial charge in [0.05, 0.1) is 28.3 Å². The molecule has 3 rings (SSSR count). The predicted octanol–water partition coefficient (Wildman–Crippen LogP) is 2.96. The van der Waals surface area contributed by atoms with Crippen molar-refractivity contribution >= 4 is 22.9 Å². The molecule has 0 aliphatic carbocycles. The van der Waals surface area contributed by atoms with Gasteiger partial charge in [-0.3, -0.25) is 9.59 Å². The van der Waals surface area contributed by atoms with Crippen LogP contribution < -0.4 is 5.32 Å². The summed E-state index contributed by atoms with van der Waals surface area (Å²) in [6, 6.07) is 11.3. The molecule has 0 saturated heterocycles. The first-order chi connectivity index (χ1) is 12.8. The van der Waals surface area contributed by atoms with Crippen molar-refractivity contribution in [3.63, 3.8) is 0 Å². The number of aliphatic carboxylic acids is 1. The summed E-state index contributed by atoms with van der Waals surface area (Å²) in [5, 5.41) is 16.9. The molecule has 0 atom stereocenters. The maximum Gasteiger partial charge on any atom is 0.310 e. The first-order valence-corrected chi connectivity index (χ1v) is 8.77. The summed E-state index contributed by atoms with van der Waals surface area (Å²) in [5.74, 6) is -1.31. The van der Waals surface area contributed by atoms with E-state index in [1.807, 2.05) is 37.3 Å². The largest absolute Gasteiger partial charge is 0.481 e. The molecule has 2 N–H and O–H groups in total. The highest BCUT2D eigenvalue weighted by Gasteiger charge is 2.28. The Kier molecular flexibility index (Phi) is 4.94. The van der Waals surface area contributed by atoms with Crippen molar-refractivity contribution in [2.24, 2.45) is 5.41 Å². The summed E-state index contributed by atoms with van der Waals surface area (Å²) in [6.45, 7) is 5.75. The summed E-state index contributed by atoms with van der Waals surface area (Å²) in [4.78, 5) is 28.8. The van der Waals surface area contributed by atoms with Gasteiger partial charge in [-0.25, -0.2) is 9.67 Å². The maximum atomic E-state index is 12.8. The molecule has 27 heavy (non-hydrogen) atoms. The van der Waals surface area contributed by atoms with E-state index >= 15 is 0 Å². The SMILES string of the molecule is CCn1ncc2c(C(=O)NCC(C)(C)C(=O)O)cc(-c3ccccc3)nc21. The number of rotatable bonds is 6. The highest BCUT2D eigenvalue weighted by atomic mass is 16.4. The second-order valence-corrected chi connectivity index (χ2v) is 6.99. The van der Waals surface area contributed by atoms with Gasteiger partial charge in [0.2, 0.25) is 0 Å². The van der Waals surface area contributed by atoms with Crippen LogP contribution in [-0.4, -0.2) is 38.3 Å². The van der Waals surface area contributed by atoms with Crippen molar-refractivity contribution in [1.82, 2.24) is 20.1 Å². The quantitative estimate of drug-likeness (QED) is 0.699. The number of hydrogen-bond donors (Lipinski definition) is 2. The number of nitrogens with zero attached hydrogens (tertiary/aromatic N) is 3. The number of carboxylic acids is 1. The minimum atomic E-state index is -1.06. The van der Waals surface area contributed by atoms with Gasteiger partial charge in [0, 0.05) is 18.7 Å². The lowest BCUT2D eigenvalue weighted by molar-refractivity contribution is -0.146. The second kappa shape index (κ2) is 7.19. The third-order valence-electron chi connectivity index (χ3n) is 4.49. The van der Waals surface area contributed by atoms with Crippen LogP contribution in [0, 0.1) is 5.41 Å². The Balaban J connectivity index is 2.04. The smallest absolute Gasteiger partial charge is 0.310 e. The van der Waals surface area contributed by atoms with Gasteiger partial charge in [0.1, 0.15) is 0 Å². The van der Waals surface area contributed by atoms with Gasteiger partial charge in [-0.2, -0.15) is 5.10 Å². The molecule has 0 spiro atoms. The number of aromatic nitrogens is 3. The third kappa shape index (κ3) is 3.67. The minimum Gasteiger partial charge on any atom is -0.481 e. The van der Waals surface area contributed by atoms with E-state index in [1.54, 1.807) is 30.8 Å². The van der Waals surface area contributed by atoms with Crippen molar-refractivity contribution in [1.29, 1.82) is 0 Å². The molecule has 0 saturated carbocycles. The molecule has 1 amide bonds. The summed E-state index contributed by atoms with van der Waals surface area (Å²) in [7, 11) is 0. The molecule has 0 bridgehead atoms. The third-order valence-corrected chi connectivity index (χ3v) is 4.49. The highest BCUT2D eigenvalue weighted by molar-refractivity contribution is 6.06. The Morgan fingerprint density at radius 1 is 1.22 bits per heavy atom. The molecule has 140 valence electrons. The fourth-order valence-corrected chi connectivity index (χ4v) is 2.70. The standard InChI is InChI=1S/C20H22N4O3/c1-4-24-17-15(11-22-24)14(18(25)21-12-20(2,3)19(26)27)10-16(23-17)13-8-6-5-7-9-13/h5-11H,4,12H2,1-3H3,(H,21,25)(H,26,27). The van der Waals surface area contributed by atoms with Crippen LogP contribution in [0.15, 0.2) is 42.6 Å². The molecule has 2 heterocycles. The number of aryl methyl sites for hydroxylation is 1. The molecule has 0 unspecified atom stereocenters. The molecule has 3 aromatic rings. The van der Waals surface area contributed by atoms with Gasteiger partial charge in [0.15, 0.2) is 5.65 Å². The Labute approximate surface area is 157 Å². The fraction of sp³-hybridized carbons (Fsp3) is 0.300. The molecule has 2 aromatic heterocycles. The number of carboxylic acid groups (broad SMARTS) is 1. The van der Waals surface area contributed by atoms with E-state index in [2.05, 4.69) is 15.4 Å². The average molecular weight is 366 g/mol. The molecular formula is C20H22N4O3. The number of nitrogens with one attached hydrogen (secondary N) is 1. The van der Waals surface area contributed by atoms with Gasteiger partial charge < -0.3 is 10.4 Å². The molecule has 0 radical (unpaired) electrons. The number of amides is 1. The van der Waals surface area contributed by atoms with Gasteiger partial charge >= 0.3 is 5.97 Å². The first kappa shape index (κ1) is 18.6. The van der Waals surface area contributed by atoms with Crippen LogP contribution >= 0.6 is 0 Å². The van der Waals surface area contributed by atoms with E-state index in [-0.39, 0.29) is 12.5 Å². The lowest BCUT2D eigenvalue weighted by Gasteiger charge is -2.19. The predicted molar refractivity (Wildman–Crippen MR) is 102 cm³/mol. The van der Waals surface area contributed by atoms with Crippen LogP contribution in [0.5, 0.6) is 0 Å². The van der Waals surface area contributed by atoms with E-state index in [1.165, 1.54) is 0 Å². The molecular weight excluding hydrogens is 344 g/mol. The zero-order valence-electron chi connectivity index (χ0n) is 15.6. The van der Waals surface area contributed by atoms with E-state index in [9.17, 15) is 14.7 Å². The van der Waals surface area contributed by atoms with Crippen molar-refractivity contribution in [2.45, 2.75) is 27.3 Å². The summed E-state index contributed by atoms with van der Waals surface area (Å²) in [6.07, 6.45) is 1.62. The number of hydrogen-bond acceptors (Lipinski definition) is 4. The van der Waals surface area contributed by atoms with Gasteiger partial charge in [0.25, 0.3) is 5.91 Å². The van der Waals surface area contributed by atoms with Crippen LogP contribution in [-0.2, 0) is 11.3 Å². The number of fused-ring (bicyclic) bond motifs is 1. The number of pyridine rings is 1. The Morgan fingerprint density at radius 3 is 2.56 bits per heavy atom. The van der Waals surface area contributed by atoms with Crippen LogP contribution in [0.3, 0.4) is 0 Å². The summed E-state index contributed by atoms with van der Waals surface area (Å²) >= 11 is 0. The zero-order chi connectivity index (χ0) is 19.6. The molecule has 7 nitrogen and oxygen atoms in total. The number of carbonyl (C=O) groups excluding carboxylic acids is 1. The number of benzene rings is 1. The molecule has 0 aliphatic heterocycles. The van der Waals surface area contributed by atoms with Crippen molar-refractivity contribution in [2.75, 3.05) is 6.54 Å². The molecule has 0 aliphatic rings. The van der Waals surface area contributed by atoms with Crippen LogP contribution in [0.25, 0.3) is 22.3 Å². The monoisotopic (exact) mass is 366 g/mol. The van der Waals surface area contributed by atoms with E-state index < -0.39 is 11.4 Å². The number of carbonyl (C=O) groups is 2. The topological polar surface area (TPSA) is 97.1 Å². The van der Waals surface area contributed by atoms with Crippen LogP contribution in [0.2, 0.25) is 0 Å². The van der Waals surface area contributed by atoms with E-state index in [0.29, 0.717) is 28.8 Å². The fourth-order valence-electron chi connectivity index (χ4n) is 2.70. The molecule has 0 fully saturated rings. The first-order valence-electron chi connectivity index (χ1n) is 8.77. The minimum absolute atomic E-state index is 0.0214. The van der Waals surface area contributed by atoms with Gasteiger partial charge in [-0.1, -0.05) is 30.3 Å². The average Bonchev–Trinajstić information content (AvgIpc) is 3.09. The Hall–Kier alpha value is -3.22. The normalized spacial score (nSPS) is 11.5. The van der Waals surface area contributed by atoms with Crippen molar-refractivity contribution < 1.29 is 14.7 Å². The Bertz CT molecular complexity index is 993. The van der Waals surface area contributed by atoms with E-state index in [4.69, 9.17) is 0 Å². The van der Waals surface area contributed by atoms with Gasteiger partial charge in [-0.05, 0) is 26.8 Å². The summed E-state index contributed by atoms with van der Waals surface area (Å²) in [5.41, 5.74) is 1.56. The van der Waals surface area contributed by atoms with Crippen molar-refractivity contribution in [3.05, 3.63) is 48.2 Å². The second-order valence-electron chi connectivity index (χ2n) is 6.99. The zero-order valence-corrected chi connectivity index (χ0v) is 15.6. The summed E-state index contributed by atoms with van der Waals surface area (Å²) < 4.78 is 1.74. The van der Waals surface area contributed by atoms with E-state index in [0.717, 1.165) is 5.56 Å². The molecule has 7 heteroatoms. The van der Waals surface area contributed by atoms with Crippen LogP contribution in [0.1, 0.15) is 31.1 Å². The van der Waals surface area contributed by atoms with Crippen LogP contribution in [0.4, 0.5) is 0 Å². The maximum absolute atomic E-state index is 12.8. The lowest BCUT2D eigenvalue weighted by Crippen LogP contribution is -2.39. The molecule has 1 aromatic carbocycles. The van der Waals surface area contributed by atoms with Gasteiger partial charge in [-0.15, -0.1) is 0 Å². The van der Waals surface area contributed by atoms with Crippen molar-refractivity contribution in [3.8, 4) is 11.3 Å². The Morgan fingerprint density at radius 2 is 1.93 bits per heavy atom. The highest BCUT2D eigenvalue weighted by Crippen LogP contribution is 2.25.